The number of benzene rings is 1. The Hall–Kier alpha value is -1.91. The summed E-state index contributed by atoms with van der Waals surface area (Å²) in [4.78, 5) is 23.0. The van der Waals surface area contributed by atoms with Gasteiger partial charge in [-0.3, -0.25) is 9.59 Å². The van der Waals surface area contributed by atoms with E-state index in [2.05, 4.69) is 19.2 Å². The molecule has 110 valence electrons. The van der Waals surface area contributed by atoms with Crippen LogP contribution in [0.2, 0.25) is 0 Å². The molecular formula is C15H20FNO3. The Morgan fingerprint density at radius 3 is 2.65 bits per heavy atom. The van der Waals surface area contributed by atoms with Crippen LogP contribution in [0.4, 0.5) is 4.39 Å². The summed E-state index contributed by atoms with van der Waals surface area (Å²) in [5, 5.41) is 2.34. The Kier molecular flexibility index (Phi) is 6.70. The number of hydrogen-bond acceptors (Lipinski definition) is 3. The lowest BCUT2D eigenvalue weighted by molar-refractivity contribution is -0.142. The van der Waals surface area contributed by atoms with Crippen LogP contribution in [0, 0.1) is 11.7 Å². The van der Waals surface area contributed by atoms with E-state index in [9.17, 15) is 14.0 Å². The average molecular weight is 281 g/mol. The van der Waals surface area contributed by atoms with Crippen LogP contribution in [-0.2, 0) is 9.53 Å². The standard InChI is InChI=1S/C15H20FNO3/c1-11(2)6-5-9-20-14(18)10-17-15(19)12-7-3-4-8-13(12)16/h3-4,7-8,11H,5-6,9-10H2,1-2H3,(H,17,19). The molecule has 0 saturated heterocycles. The topological polar surface area (TPSA) is 55.4 Å². The van der Waals surface area contributed by atoms with Gasteiger partial charge in [-0.1, -0.05) is 26.0 Å². The molecule has 1 aromatic carbocycles. The largest absolute Gasteiger partial charge is 0.464 e. The smallest absolute Gasteiger partial charge is 0.325 e. The molecule has 0 bridgehead atoms. The van der Waals surface area contributed by atoms with Crippen LogP contribution in [-0.4, -0.2) is 25.0 Å². The third-order valence-corrected chi connectivity index (χ3v) is 2.70. The fraction of sp³-hybridized carbons (Fsp3) is 0.467. The molecule has 1 N–H and O–H groups in total. The molecule has 0 heterocycles. The van der Waals surface area contributed by atoms with Crippen molar-refractivity contribution in [1.82, 2.24) is 5.32 Å². The van der Waals surface area contributed by atoms with Gasteiger partial charge >= 0.3 is 5.97 Å². The molecule has 0 unspecified atom stereocenters. The van der Waals surface area contributed by atoms with Crippen molar-refractivity contribution in [2.24, 2.45) is 5.92 Å². The van der Waals surface area contributed by atoms with Gasteiger partial charge in [-0.15, -0.1) is 0 Å². The molecule has 5 heteroatoms. The van der Waals surface area contributed by atoms with E-state index in [1.54, 1.807) is 6.07 Å². The predicted octanol–water partition coefficient (Wildman–Crippen LogP) is 2.53. The molecule has 0 saturated carbocycles. The van der Waals surface area contributed by atoms with Crippen molar-refractivity contribution in [2.75, 3.05) is 13.2 Å². The van der Waals surface area contributed by atoms with E-state index in [0.29, 0.717) is 12.5 Å². The summed E-state index contributed by atoms with van der Waals surface area (Å²) in [5.74, 6) is -1.19. The number of carbonyl (C=O) groups is 2. The quantitative estimate of drug-likeness (QED) is 0.617. The number of rotatable bonds is 7. The number of carbonyl (C=O) groups excluding carboxylic acids is 2. The molecule has 1 rings (SSSR count). The lowest BCUT2D eigenvalue weighted by Gasteiger charge is -2.08. The van der Waals surface area contributed by atoms with Crippen molar-refractivity contribution in [2.45, 2.75) is 26.7 Å². The van der Waals surface area contributed by atoms with Crippen molar-refractivity contribution in [3.05, 3.63) is 35.6 Å². The van der Waals surface area contributed by atoms with Crippen LogP contribution < -0.4 is 5.32 Å². The highest BCUT2D eigenvalue weighted by molar-refractivity contribution is 5.96. The first kappa shape index (κ1) is 16.1. The minimum absolute atomic E-state index is 0.0832. The Morgan fingerprint density at radius 1 is 1.30 bits per heavy atom. The molecule has 1 aromatic rings. The van der Waals surface area contributed by atoms with Gasteiger partial charge in [0, 0.05) is 0 Å². The van der Waals surface area contributed by atoms with Gasteiger partial charge in [-0.2, -0.15) is 0 Å². The molecule has 0 spiro atoms. The number of nitrogens with one attached hydrogen (secondary N) is 1. The first-order valence-corrected chi connectivity index (χ1v) is 6.69. The van der Waals surface area contributed by atoms with Gasteiger partial charge in [0.25, 0.3) is 5.91 Å². The number of ether oxygens (including phenoxy) is 1. The molecule has 0 radical (unpaired) electrons. The zero-order valence-corrected chi connectivity index (χ0v) is 11.8. The zero-order valence-electron chi connectivity index (χ0n) is 11.8. The summed E-state index contributed by atoms with van der Waals surface area (Å²) in [6.45, 7) is 4.27. The second-order valence-corrected chi connectivity index (χ2v) is 4.92. The van der Waals surface area contributed by atoms with Crippen LogP contribution in [0.25, 0.3) is 0 Å². The summed E-state index contributed by atoms with van der Waals surface area (Å²) in [6.07, 6.45) is 1.78. The van der Waals surface area contributed by atoms with Gasteiger partial charge in [0.05, 0.1) is 12.2 Å². The summed E-state index contributed by atoms with van der Waals surface area (Å²) < 4.78 is 18.3. The average Bonchev–Trinajstić information content (AvgIpc) is 2.41. The summed E-state index contributed by atoms with van der Waals surface area (Å²) in [6, 6.07) is 5.61. The molecular weight excluding hydrogens is 261 g/mol. The fourth-order valence-corrected chi connectivity index (χ4v) is 1.62. The van der Waals surface area contributed by atoms with Gasteiger partial charge < -0.3 is 10.1 Å². The molecule has 4 nitrogen and oxygen atoms in total. The van der Waals surface area contributed by atoms with Gasteiger partial charge in [-0.05, 0) is 30.9 Å². The monoisotopic (exact) mass is 281 g/mol. The summed E-state index contributed by atoms with van der Waals surface area (Å²) >= 11 is 0. The molecule has 0 aliphatic carbocycles. The molecule has 20 heavy (non-hydrogen) atoms. The van der Waals surface area contributed by atoms with Crippen LogP contribution in [0.3, 0.4) is 0 Å². The van der Waals surface area contributed by atoms with Crippen molar-refractivity contribution in [3.63, 3.8) is 0 Å². The van der Waals surface area contributed by atoms with Crippen molar-refractivity contribution >= 4 is 11.9 Å². The Bertz CT molecular complexity index is 460. The fourth-order valence-electron chi connectivity index (χ4n) is 1.62. The maximum Gasteiger partial charge on any atom is 0.325 e. The Labute approximate surface area is 118 Å². The molecule has 0 atom stereocenters. The van der Waals surface area contributed by atoms with Gasteiger partial charge in [-0.25, -0.2) is 4.39 Å². The highest BCUT2D eigenvalue weighted by Crippen LogP contribution is 2.06. The maximum absolute atomic E-state index is 13.3. The predicted molar refractivity (Wildman–Crippen MR) is 73.8 cm³/mol. The van der Waals surface area contributed by atoms with Gasteiger partial charge in [0.2, 0.25) is 0 Å². The van der Waals surface area contributed by atoms with E-state index in [-0.39, 0.29) is 12.1 Å². The van der Waals surface area contributed by atoms with Gasteiger partial charge in [0.15, 0.2) is 0 Å². The van der Waals surface area contributed by atoms with Crippen LogP contribution >= 0.6 is 0 Å². The van der Waals surface area contributed by atoms with Crippen LogP contribution in [0.1, 0.15) is 37.0 Å². The second kappa shape index (κ2) is 8.30. The lowest BCUT2D eigenvalue weighted by atomic mass is 10.1. The highest BCUT2D eigenvalue weighted by Gasteiger charge is 2.12. The maximum atomic E-state index is 13.3. The van der Waals surface area contributed by atoms with Gasteiger partial charge in [0.1, 0.15) is 12.4 Å². The summed E-state index contributed by atoms with van der Waals surface area (Å²) in [7, 11) is 0. The van der Waals surface area contributed by atoms with E-state index in [4.69, 9.17) is 4.74 Å². The molecule has 1 amide bonds. The number of halogens is 1. The third-order valence-electron chi connectivity index (χ3n) is 2.70. The molecule has 0 fully saturated rings. The van der Waals surface area contributed by atoms with Crippen LogP contribution in [0.15, 0.2) is 24.3 Å². The van der Waals surface area contributed by atoms with E-state index >= 15 is 0 Å². The number of esters is 1. The van der Waals surface area contributed by atoms with Crippen molar-refractivity contribution in [1.29, 1.82) is 0 Å². The Balaban J connectivity index is 2.27. The second-order valence-electron chi connectivity index (χ2n) is 4.92. The normalized spacial score (nSPS) is 10.4. The lowest BCUT2D eigenvalue weighted by Crippen LogP contribution is -2.31. The molecule has 0 aromatic heterocycles. The first-order valence-electron chi connectivity index (χ1n) is 6.69. The number of hydrogen-bond donors (Lipinski definition) is 1. The molecule has 0 aliphatic heterocycles. The minimum Gasteiger partial charge on any atom is -0.464 e. The SMILES string of the molecule is CC(C)CCCOC(=O)CNC(=O)c1ccccc1F. The minimum atomic E-state index is -0.623. The number of amides is 1. The summed E-state index contributed by atoms with van der Waals surface area (Å²) in [5.41, 5.74) is -0.0832. The van der Waals surface area contributed by atoms with Crippen LogP contribution in [0.5, 0.6) is 0 Å². The van der Waals surface area contributed by atoms with E-state index in [1.807, 2.05) is 0 Å². The van der Waals surface area contributed by atoms with Crippen molar-refractivity contribution in [3.8, 4) is 0 Å². The third kappa shape index (κ3) is 5.82. The Morgan fingerprint density at radius 2 is 2.00 bits per heavy atom. The van der Waals surface area contributed by atoms with E-state index in [0.717, 1.165) is 12.8 Å². The highest BCUT2D eigenvalue weighted by atomic mass is 19.1. The molecule has 0 aliphatic rings. The van der Waals surface area contributed by atoms with E-state index in [1.165, 1.54) is 18.2 Å². The first-order chi connectivity index (χ1) is 9.50. The van der Waals surface area contributed by atoms with Crippen molar-refractivity contribution < 1.29 is 18.7 Å². The van der Waals surface area contributed by atoms with E-state index < -0.39 is 17.7 Å². The zero-order chi connectivity index (χ0) is 15.0.